The van der Waals surface area contributed by atoms with Gasteiger partial charge in [-0.3, -0.25) is 0 Å². The summed E-state index contributed by atoms with van der Waals surface area (Å²) < 4.78 is 2.83. The molecule has 3 rings (SSSR count). The third-order valence-corrected chi connectivity index (χ3v) is 3.52. The van der Waals surface area contributed by atoms with Crippen LogP contribution < -0.4 is 0 Å². The second-order valence-corrected chi connectivity index (χ2v) is 4.84. The standard InChI is InChI=1S/C14H11BrN2O/c15-11-7-4-8-17-12(9-18)13(16-14(11)17)10-5-2-1-3-6-10/h1-8,18H,9H2. The van der Waals surface area contributed by atoms with Crippen molar-refractivity contribution in [2.24, 2.45) is 0 Å². The molecule has 1 aromatic carbocycles. The first-order valence-electron chi connectivity index (χ1n) is 5.63. The molecule has 0 bridgehead atoms. The first-order valence-corrected chi connectivity index (χ1v) is 6.42. The van der Waals surface area contributed by atoms with Crippen molar-refractivity contribution in [2.45, 2.75) is 6.61 Å². The summed E-state index contributed by atoms with van der Waals surface area (Å²) in [7, 11) is 0. The normalized spacial score (nSPS) is 11.0. The average molecular weight is 303 g/mol. The summed E-state index contributed by atoms with van der Waals surface area (Å²) in [4.78, 5) is 4.61. The van der Waals surface area contributed by atoms with Crippen LogP contribution in [0.3, 0.4) is 0 Å². The highest BCUT2D eigenvalue weighted by atomic mass is 79.9. The van der Waals surface area contributed by atoms with E-state index in [1.165, 1.54) is 0 Å². The molecule has 1 N–H and O–H groups in total. The van der Waals surface area contributed by atoms with Crippen molar-refractivity contribution in [1.29, 1.82) is 0 Å². The average Bonchev–Trinajstić information content (AvgIpc) is 2.80. The van der Waals surface area contributed by atoms with Gasteiger partial charge in [0, 0.05) is 11.8 Å². The Labute approximate surface area is 113 Å². The second-order valence-electron chi connectivity index (χ2n) is 3.98. The number of rotatable bonds is 2. The maximum absolute atomic E-state index is 9.58. The molecule has 0 aliphatic heterocycles. The minimum atomic E-state index is -0.0398. The molecule has 0 aliphatic carbocycles. The number of halogens is 1. The van der Waals surface area contributed by atoms with E-state index < -0.39 is 0 Å². The lowest BCUT2D eigenvalue weighted by molar-refractivity contribution is 0.276. The van der Waals surface area contributed by atoms with Crippen LogP contribution in [0.15, 0.2) is 53.1 Å². The Morgan fingerprint density at radius 1 is 1.11 bits per heavy atom. The monoisotopic (exact) mass is 302 g/mol. The Bertz CT molecular complexity index is 692. The van der Waals surface area contributed by atoms with E-state index in [1.54, 1.807) is 0 Å². The molecule has 3 nitrogen and oxygen atoms in total. The summed E-state index contributed by atoms with van der Waals surface area (Å²) in [6, 6.07) is 13.8. The van der Waals surface area contributed by atoms with Crippen LogP contribution in [0.2, 0.25) is 0 Å². The van der Waals surface area contributed by atoms with E-state index in [0.29, 0.717) is 0 Å². The first-order chi connectivity index (χ1) is 8.81. The molecule has 0 aliphatic rings. The van der Waals surface area contributed by atoms with Gasteiger partial charge in [-0.05, 0) is 28.1 Å². The lowest BCUT2D eigenvalue weighted by Gasteiger charge is -2.01. The van der Waals surface area contributed by atoms with E-state index in [4.69, 9.17) is 0 Å². The van der Waals surface area contributed by atoms with Gasteiger partial charge in [0.15, 0.2) is 5.65 Å². The number of aliphatic hydroxyl groups excluding tert-OH is 1. The summed E-state index contributed by atoms with van der Waals surface area (Å²) >= 11 is 3.48. The predicted octanol–water partition coefficient (Wildman–Crippen LogP) is 3.26. The molecule has 0 atom stereocenters. The number of hydrogen-bond donors (Lipinski definition) is 1. The fourth-order valence-electron chi connectivity index (χ4n) is 2.06. The van der Waals surface area contributed by atoms with Gasteiger partial charge in [0.1, 0.15) is 0 Å². The fraction of sp³-hybridized carbons (Fsp3) is 0.0714. The van der Waals surface area contributed by atoms with Gasteiger partial charge in [-0.1, -0.05) is 30.3 Å². The van der Waals surface area contributed by atoms with Crippen LogP contribution in [0.4, 0.5) is 0 Å². The third kappa shape index (κ3) is 1.74. The number of nitrogens with zero attached hydrogens (tertiary/aromatic N) is 2. The minimum absolute atomic E-state index is 0.0398. The van der Waals surface area contributed by atoms with E-state index in [-0.39, 0.29) is 6.61 Å². The lowest BCUT2D eigenvalue weighted by atomic mass is 10.1. The summed E-state index contributed by atoms with van der Waals surface area (Å²) in [6.07, 6.45) is 1.91. The molecule has 0 spiro atoms. The van der Waals surface area contributed by atoms with Gasteiger partial charge in [-0.25, -0.2) is 4.98 Å². The predicted molar refractivity (Wildman–Crippen MR) is 74.3 cm³/mol. The fourth-order valence-corrected chi connectivity index (χ4v) is 2.49. The van der Waals surface area contributed by atoms with Crippen LogP contribution >= 0.6 is 15.9 Å². The minimum Gasteiger partial charge on any atom is -0.390 e. The molecule has 2 aromatic heterocycles. The summed E-state index contributed by atoms with van der Waals surface area (Å²) in [5, 5.41) is 9.58. The molecule has 0 radical (unpaired) electrons. The van der Waals surface area contributed by atoms with Crippen LogP contribution in [-0.2, 0) is 6.61 Å². The molecule has 4 heteroatoms. The van der Waals surface area contributed by atoms with Crippen molar-refractivity contribution >= 4 is 21.6 Å². The molecule has 0 unspecified atom stereocenters. The highest BCUT2D eigenvalue weighted by Gasteiger charge is 2.14. The zero-order valence-corrected chi connectivity index (χ0v) is 11.1. The molecule has 18 heavy (non-hydrogen) atoms. The van der Waals surface area contributed by atoms with Crippen LogP contribution in [0.5, 0.6) is 0 Å². The second kappa shape index (κ2) is 4.55. The molecular weight excluding hydrogens is 292 g/mol. The maximum Gasteiger partial charge on any atom is 0.152 e. The van der Waals surface area contributed by atoms with E-state index in [9.17, 15) is 5.11 Å². The van der Waals surface area contributed by atoms with Crippen molar-refractivity contribution in [2.75, 3.05) is 0 Å². The molecular formula is C14H11BrN2O. The van der Waals surface area contributed by atoms with Gasteiger partial charge in [0.05, 0.1) is 22.5 Å². The first kappa shape index (κ1) is 11.4. The van der Waals surface area contributed by atoms with Crippen LogP contribution in [-0.4, -0.2) is 14.5 Å². The van der Waals surface area contributed by atoms with Crippen molar-refractivity contribution < 1.29 is 5.11 Å². The van der Waals surface area contributed by atoms with Crippen molar-refractivity contribution in [3.8, 4) is 11.3 Å². The van der Waals surface area contributed by atoms with Crippen LogP contribution in [0.1, 0.15) is 5.69 Å². The number of pyridine rings is 1. The molecule has 90 valence electrons. The molecule has 2 heterocycles. The molecule has 0 saturated carbocycles. The van der Waals surface area contributed by atoms with Gasteiger partial charge in [0.25, 0.3) is 0 Å². The van der Waals surface area contributed by atoms with Gasteiger partial charge in [0.2, 0.25) is 0 Å². The number of aromatic nitrogens is 2. The van der Waals surface area contributed by atoms with Crippen molar-refractivity contribution in [3.05, 3.63) is 58.8 Å². The summed E-state index contributed by atoms with van der Waals surface area (Å²) in [6.45, 7) is -0.0398. The Hall–Kier alpha value is -1.65. The van der Waals surface area contributed by atoms with Crippen molar-refractivity contribution in [3.63, 3.8) is 0 Å². The number of hydrogen-bond acceptors (Lipinski definition) is 2. The number of benzene rings is 1. The Kier molecular flexibility index (Phi) is 2.89. The highest BCUT2D eigenvalue weighted by Crippen LogP contribution is 2.27. The zero-order chi connectivity index (χ0) is 12.5. The number of imidazole rings is 1. The lowest BCUT2D eigenvalue weighted by Crippen LogP contribution is -1.93. The highest BCUT2D eigenvalue weighted by molar-refractivity contribution is 9.10. The van der Waals surface area contributed by atoms with E-state index >= 15 is 0 Å². The summed E-state index contributed by atoms with van der Waals surface area (Å²) in [5.41, 5.74) is 3.46. The molecule has 0 amide bonds. The molecule has 0 fully saturated rings. The zero-order valence-electron chi connectivity index (χ0n) is 9.55. The number of aliphatic hydroxyl groups is 1. The SMILES string of the molecule is OCc1c(-c2ccccc2)nc2c(Br)cccn12. The van der Waals surface area contributed by atoms with Crippen LogP contribution in [0, 0.1) is 0 Å². The topological polar surface area (TPSA) is 37.5 Å². The van der Waals surface area contributed by atoms with Gasteiger partial charge < -0.3 is 9.51 Å². The van der Waals surface area contributed by atoms with Crippen molar-refractivity contribution in [1.82, 2.24) is 9.38 Å². The number of fused-ring (bicyclic) bond motifs is 1. The van der Waals surface area contributed by atoms with E-state index in [0.717, 1.165) is 27.1 Å². The summed E-state index contributed by atoms with van der Waals surface area (Å²) in [5.74, 6) is 0. The van der Waals surface area contributed by atoms with Gasteiger partial charge in [-0.15, -0.1) is 0 Å². The molecule has 0 saturated heterocycles. The molecule has 3 aromatic rings. The largest absolute Gasteiger partial charge is 0.390 e. The Morgan fingerprint density at radius 2 is 1.89 bits per heavy atom. The Balaban J connectivity index is 2.33. The Morgan fingerprint density at radius 3 is 2.61 bits per heavy atom. The smallest absolute Gasteiger partial charge is 0.152 e. The third-order valence-electron chi connectivity index (χ3n) is 2.90. The van der Waals surface area contributed by atoms with E-state index in [1.807, 2.05) is 53.1 Å². The quantitative estimate of drug-likeness (QED) is 0.789. The van der Waals surface area contributed by atoms with E-state index in [2.05, 4.69) is 20.9 Å². The van der Waals surface area contributed by atoms with Crippen LogP contribution in [0.25, 0.3) is 16.9 Å². The van der Waals surface area contributed by atoms with Gasteiger partial charge >= 0.3 is 0 Å². The van der Waals surface area contributed by atoms with Gasteiger partial charge in [-0.2, -0.15) is 0 Å². The maximum atomic E-state index is 9.58.